The lowest BCUT2D eigenvalue weighted by atomic mass is 10.5. The number of alkyl halides is 1. The minimum absolute atomic E-state index is 0. The van der Waals surface area contributed by atoms with Gasteiger partial charge in [-0.2, -0.15) is 0 Å². The third kappa shape index (κ3) is 11.7. The summed E-state index contributed by atoms with van der Waals surface area (Å²) in [6.07, 6.45) is 2.88. The van der Waals surface area contributed by atoms with E-state index < -0.39 is 0 Å². The molecule has 0 aliphatic carbocycles. The molecule has 0 spiro atoms. The van der Waals surface area contributed by atoms with Crippen molar-refractivity contribution in [2.24, 2.45) is 0 Å². The normalized spacial score (nSPS) is 8.11. The Hall–Kier alpha value is 0.280. The van der Waals surface area contributed by atoms with Gasteiger partial charge in [-0.15, -0.1) is 30.6 Å². The van der Waals surface area contributed by atoms with E-state index >= 15 is 0 Å². The lowest BCUT2D eigenvalue weighted by molar-refractivity contribution is 0.732. The highest BCUT2D eigenvalue weighted by atomic mass is 35.5. The van der Waals surface area contributed by atoms with E-state index in [0.29, 0.717) is 0 Å². The Morgan fingerprint density at radius 1 is 1.56 bits per heavy atom. The van der Waals surface area contributed by atoms with Gasteiger partial charge in [0.2, 0.25) is 0 Å². The van der Waals surface area contributed by atoms with Crippen LogP contribution in [-0.2, 0) is 0 Å². The molecule has 0 aliphatic rings. The molecular weight excluding hydrogens is 157 g/mol. The Bertz CT molecular complexity index is 57.0. The van der Waals surface area contributed by atoms with Crippen LogP contribution in [0.15, 0.2) is 12.7 Å². The third-order valence-corrected chi connectivity index (χ3v) is 1.04. The van der Waals surface area contributed by atoms with Crippen molar-refractivity contribution in [3.8, 4) is 0 Å². The van der Waals surface area contributed by atoms with Crippen molar-refractivity contribution >= 4 is 24.0 Å². The Kier molecular flexibility index (Phi) is 14.8. The van der Waals surface area contributed by atoms with E-state index in [9.17, 15) is 0 Å². The summed E-state index contributed by atoms with van der Waals surface area (Å²) in [5, 5.41) is 3.13. The van der Waals surface area contributed by atoms with Gasteiger partial charge in [-0.1, -0.05) is 6.08 Å². The smallest absolute Gasteiger partial charge is 0.0235 e. The molecule has 0 atom stereocenters. The van der Waals surface area contributed by atoms with Crippen LogP contribution in [0.1, 0.15) is 6.42 Å². The number of hydrogen-bond donors (Lipinski definition) is 1. The number of hydrogen-bond acceptors (Lipinski definition) is 1. The minimum atomic E-state index is 0. The van der Waals surface area contributed by atoms with Gasteiger partial charge < -0.3 is 5.32 Å². The lowest BCUT2D eigenvalue weighted by Gasteiger charge is -1.95. The Morgan fingerprint density at radius 2 is 2.22 bits per heavy atom. The average molecular weight is 170 g/mol. The van der Waals surface area contributed by atoms with Gasteiger partial charge in [0.15, 0.2) is 0 Å². The van der Waals surface area contributed by atoms with E-state index in [-0.39, 0.29) is 12.4 Å². The van der Waals surface area contributed by atoms with E-state index in [1.54, 1.807) is 0 Å². The summed E-state index contributed by atoms with van der Waals surface area (Å²) in [6.45, 7) is 5.44. The summed E-state index contributed by atoms with van der Waals surface area (Å²) >= 11 is 5.41. The van der Waals surface area contributed by atoms with Crippen molar-refractivity contribution in [3.05, 3.63) is 12.7 Å². The molecule has 3 heteroatoms. The fraction of sp³-hybridized carbons (Fsp3) is 0.667. The maximum atomic E-state index is 5.41. The number of rotatable bonds is 5. The first-order valence-electron chi connectivity index (χ1n) is 2.79. The zero-order valence-corrected chi connectivity index (χ0v) is 6.97. The highest BCUT2D eigenvalue weighted by Gasteiger charge is 1.79. The second-order valence-corrected chi connectivity index (χ2v) is 1.91. The Morgan fingerprint density at radius 3 is 2.67 bits per heavy atom. The first-order valence-corrected chi connectivity index (χ1v) is 3.33. The minimum Gasteiger partial charge on any atom is -0.313 e. The van der Waals surface area contributed by atoms with Crippen molar-refractivity contribution in [3.63, 3.8) is 0 Å². The second-order valence-electron chi connectivity index (χ2n) is 1.54. The molecule has 0 fully saturated rings. The van der Waals surface area contributed by atoms with Crippen molar-refractivity contribution in [2.45, 2.75) is 6.42 Å². The zero-order valence-electron chi connectivity index (χ0n) is 5.40. The lowest BCUT2D eigenvalue weighted by Crippen LogP contribution is -2.14. The molecule has 0 saturated heterocycles. The predicted molar refractivity (Wildman–Crippen MR) is 45.7 cm³/mol. The Labute approximate surface area is 67.9 Å². The molecule has 0 heterocycles. The van der Waals surface area contributed by atoms with Gasteiger partial charge >= 0.3 is 0 Å². The van der Waals surface area contributed by atoms with Crippen LogP contribution < -0.4 is 5.32 Å². The molecule has 0 unspecified atom stereocenters. The van der Waals surface area contributed by atoms with Crippen molar-refractivity contribution in [2.75, 3.05) is 19.0 Å². The van der Waals surface area contributed by atoms with Gasteiger partial charge in [0, 0.05) is 12.4 Å². The van der Waals surface area contributed by atoms with Crippen LogP contribution in [-0.4, -0.2) is 19.0 Å². The summed E-state index contributed by atoms with van der Waals surface area (Å²) < 4.78 is 0. The first kappa shape index (κ1) is 12.0. The molecule has 9 heavy (non-hydrogen) atoms. The monoisotopic (exact) mass is 169 g/mol. The van der Waals surface area contributed by atoms with Crippen LogP contribution in [0, 0.1) is 0 Å². The van der Waals surface area contributed by atoms with Gasteiger partial charge in [0.1, 0.15) is 0 Å². The van der Waals surface area contributed by atoms with Crippen LogP contribution >= 0.6 is 24.0 Å². The standard InChI is InChI=1S/C6H12ClN.ClH/c1-2-5-8-6-3-4-7;/h2,8H,1,3-6H2;1H. The van der Waals surface area contributed by atoms with Gasteiger partial charge in [0.25, 0.3) is 0 Å². The maximum absolute atomic E-state index is 5.41. The molecule has 0 bridgehead atoms. The highest BCUT2D eigenvalue weighted by Crippen LogP contribution is 1.79. The molecule has 0 aromatic heterocycles. The molecule has 0 saturated carbocycles. The highest BCUT2D eigenvalue weighted by molar-refractivity contribution is 6.17. The third-order valence-electron chi connectivity index (χ3n) is 0.776. The van der Waals surface area contributed by atoms with Crippen LogP contribution in [0.3, 0.4) is 0 Å². The summed E-state index contributed by atoms with van der Waals surface area (Å²) in [7, 11) is 0. The van der Waals surface area contributed by atoms with Crippen LogP contribution in [0.5, 0.6) is 0 Å². The maximum Gasteiger partial charge on any atom is 0.0235 e. The second kappa shape index (κ2) is 11.1. The molecule has 0 aromatic carbocycles. The zero-order chi connectivity index (χ0) is 6.24. The number of nitrogens with one attached hydrogen (secondary N) is 1. The topological polar surface area (TPSA) is 12.0 Å². The predicted octanol–water partition coefficient (Wildman–Crippen LogP) is 1.81. The van der Waals surface area contributed by atoms with Crippen molar-refractivity contribution in [1.82, 2.24) is 5.32 Å². The summed E-state index contributed by atoms with van der Waals surface area (Å²) in [4.78, 5) is 0. The molecule has 56 valence electrons. The molecule has 0 amide bonds. The van der Waals surface area contributed by atoms with E-state index in [0.717, 1.165) is 25.4 Å². The van der Waals surface area contributed by atoms with Gasteiger partial charge in [-0.25, -0.2) is 0 Å². The Balaban J connectivity index is 0. The fourth-order valence-electron chi connectivity index (χ4n) is 0.396. The summed E-state index contributed by atoms with van der Waals surface area (Å²) in [6, 6.07) is 0. The molecule has 0 aromatic rings. The quantitative estimate of drug-likeness (QED) is 0.377. The van der Waals surface area contributed by atoms with E-state index in [2.05, 4.69) is 11.9 Å². The van der Waals surface area contributed by atoms with Gasteiger partial charge in [-0.3, -0.25) is 0 Å². The first-order chi connectivity index (χ1) is 3.91. The van der Waals surface area contributed by atoms with Gasteiger partial charge in [-0.05, 0) is 13.0 Å². The average Bonchev–Trinajstić information content (AvgIpc) is 1.81. The molecule has 0 rings (SSSR count). The molecule has 1 nitrogen and oxygen atoms in total. The van der Waals surface area contributed by atoms with Crippen molar-refractivity contribution in [1.29, 1.82) is 0 Å². The summed E-state index contributed by atoms with van der Waals surface area (Å²) in [5.41, 5.74) is 0. The van der Waals surface area contributed by atoms with Gasteiger partial charge in [0.05, 0.1) is 0 Å². The molecule has 0 aliphatic heterocycles. The summed E-state index contributed by atoms with van der Waals surface area (Å²) in [5.74, 6) is 0.740. The molecule has 0 radical (unpaired) electrons. The fourth-order valence-corrected chi connectivity index (χ4v) is 0.530. The van der Waals surface area contributed by atoms with Crippen molar-refractivity contribution < 1.29 is 0 Å². The molecule has 1 N–H and O–H groups in total. The van der Waals surface area contributed by atoms with E-state index in [1.165, 1.54) is 0 Å². The largest absolute Gasteiger partial charge is 0.313 e. The van der Waals surface area contributed by atoms with E-state index in [1.807, 2.05) is 6.08 Å². The van der Waals surface area contributed by atoms with Crippen LogP contribution in [0.25, 0.3) is 0 Å². The molecular formula is C6H13Cl2N. The number of halogens is 2. The van der Waals surface area contributed by atoms with E-state index in [4.69, 9.17) is 11.6 Å². The van der Waals surface area contributed by atoms with Crippen LogP contribution in [0.2, 0.25) is 0 Å². The SMILES string of the molecule is C=CCNCCCCl.Cl. The van der Waals surface area contributed by atoms with Crippen LogP contribution in [0.4, 0.5) is 0 Å².